The minimum atomic E-state index is -0.125. The van der Waals surface area contributed by atoms with Gasteiger partial charge in [-0.3, -0.25) is 14.3 Å². The Kier molecular flexibility index (Phi) is 4.20. The van der Waals surface area contributed by atoms with E-state index in [1.807, 2.05) is 23.1 Å². The molecular formula is C16H19N3O3. The molecule has 22 heavy (non-hydrogen) atoms. The monoisotopic (exact) mass is 301 g/mol. The van der Waals surface area contributed by atoms with Crippen molar-refractivity contribution in [1.29, 1.82) is 0 Å². The lowest BCUT2D eigenvalue weighted by Gasteiger charge is -2.31. The SMILES string of the molecule is COC1CCN(C(=O)Cn2ncc(=O)c3ccccc32)CC1. The lowest BCUT2D eigenvalue weighted by molar-refractivity contribution is -0.134. The molecule has 0 unspecified atom stereocenters. The number of methoxy groups -OCH3 is 1. The molecule has 2 heterocycles. The van der Waals surface area contributed by atoms with Gasteiger partial charge in [0.05, 0.1) is 17.8 Å². The highest BCUT2D eigenvalue weighted by atomic mass is 16.5. The summed E-state index contributed by atoms with van der Waals surface area (Å²) >= 11 is 0. The van der Waals surface area contributed by atoms with Gasteiger partial charge in [0.1, 0.15) is 6.54 Å². The van der Waals surface area contributed by atoms with Crippen LogP contribution in [0.1, 0.15) is 12.8 Å². The summed E-state index contributed by atoms with van der Waals surface area (Å²) in [6, 6.07) is 7.22. The number of carbonyl (C=O) groups is 1. The molecule has 0 spiro atoms. The first-order chi connectivity index (χ1) is 10.7. The lowest BCUT2D eigenvalue weighted by atomic mass is 10.1. The van der Waals surface area contributed by atoms with E-state index in [1.165, 1.54) is 6.20 Å². The van der Waals surface area contributed by atoms with Gasteiger partial charge in [-0.2, -0.15) is 5.10 Å². The minimum absolute atomic E-state index is 0.0239. The van der Waals surface area contributed by atoms with Gasteiger partial charge in [0.15, 0.2) is 0 Å². The van der Waals surface area contributed by atoms with Crippen LogP contribution in [0, 0.1) is 0 Å². The van der Waals surface area contributed by atoms with E-state index in [-0.39, 0.29) is 24.0 Å². The molecule has 3 rings (SSSR count). The highest BCUT2D eigenvalue weighted by molar-refractivity contribution is 5.81. The first-order valence-corrected chi connectivity index (χ1v) is 7.44. The van der Waals surface area contributed by atoms with Crippen LogP contribution >= 0.6 is 0 Å². The second kappa shape index (κ2) is 6.27. The number of hydrogen-bond acceptors (Lipinski definition) is 4. The van der Waals surface area contributed by atoms with E-state index >= 15 is 0 Å². The lowest BCUT2D eigenvalue weighted by Crippen LogP contribution is -2.42. The fourth-order valence-corrected chi connectivity index (χ4v) is 2.86. The molecule has 6 heteroatoms. The van der Waals surface area contributed by atoms with Gasteiger partial charge in [-0.15, -0.1) is 0 Å². The third-order valence-electron chi connectivity index (χ3n) is 4.18. The Hall–Kier alpha value is -2.21. The number of amides is 1. The Bertz CT molecular complexity index is 733. The number of carbonyl (C=O) groups excluding carboxylic acids is 1. The Morgan fingerprint density at radius 1 is 1.32 bits per heavy atom. The summed E-state index contributed by atoms with van der Waals surface area (Å²) in [6.45, 7) is 1.56. The second-order valence-electron chi connectivity index (χ2n) is 5.50. The average molecular weight is 301 g/mol. The molecule has 0 N–H and O–H groups in total. The number of hydrogen-bond donors (Lipinski definition) is 0. The molecule has 1 aliphatic rings. The van der Waals surface area contributed by atoms with Crippen molar-refractivity contribution >= 4 is 16.8 Å². The molecule has 1 aliphatic heterocycles. The number of piperidine rings is 1. The first kappa shape index (κ1) is 14.7. The number of para-hydroxylation sites is 1. The van der Waals surface area contributed by atoms with Crippen LogP contribution in [0.3, 0.4) is 0 Å². The fourth-order valence-electron chi connectivity index (χ4n) is 2.86. The third kappa shape index (κ3) is 2.87. The van der Waals surface area contributed by atoms with Crippen LogP contribution in [0.2, 0.25) is 0 Å². The summed E-state index contributed by atoms with van der Waals surface area (Å²) < 4.78 is 6.92. The van der Waals surface area contributed by atoms with Crippen LogP contribution in [-0.2, 0) is 16.1 Å². The number of benzene rings is 1. The van der Waals surface area contributed by atoms with Gasteiger partial charge >= 0.3 is 0 Å². The Labute approximate surface area is 128 Å². The summed E-state index contributed by atoms with van der Waals surface area (Å²) in [5, 5.41) is 4.69. The molecule has 1 aromatic heterocycles. The van der Waals surface area contributed by atoms with Crippen LogP contribution in [0.5, 0.6) is 0 Å². The van der Waals surface area contributed by atoms with Crippen molar-refractivity contribution in [1.82, 2.24) is 14.7 Å². The molecule has 0 atom stereocenters. The second-order valence-corrected chi connectivity index (χ2v) is 5.50. The summed E-state index contributed by atoms with van der Waals surface area (Å²) in [6.07, 6.45) is 3.24. The maximum Gasteiger partial charge on any atom is 0.244 e. The molecular weight excluding hydrogens is 282 g/mol. The molecule has 0 aliphatic carbocycles. The Balaban J connectivity index is 1.78. The summed E-state index contributed by atoms with van der Waals surface area (Å²) in [5.41, 5.74) is 0.565. The number of aromatic nitrogens is 2. The van der Waals surface area contributed by atoms with Crippen LogP contribution in [0.15, 0.2) is 35.3 Å². The fraction of sp³-hybridized carbons (Fsp3) is 0.438. The summed E-state index contributed by atoms with van der Waals surface area (Å²) in [5.74, 6) is 0.0239. The average Bonchev–Trinajstić information content (AvgIpc) is 2.57. The largest absolute Gasteiger partial charge is 0.381 e. The predicted molar refractivity (Wildman–Crippen MR) is 82.6 cm³/mol. The molecule has 116 valence electrons. The van der Waals surface area contributed by atoms with Gasteiger partial charge in [0, 0.05) is 25.6 Å². The smallest absolute Gasteiger partial charge is 0.244 e. The van der Waals surface area contributed by atoms with E-state index < -0.39 is 0 Å². The van der Waals surface area contributed by atoms with Crippen molar-refractivity contribution in [3.05, 3.63) is 40.7 Å². The van der Waals surface area contributed by atoms with Crippen molar-refractivity contribution in [2.75, 3.05) is 20.2 Å². The molecule has 0 bridgehead atoms. The van der Waals surface area contributed by atoms with Crippen molar-refractivity contribution < 1.29 is 9.53 Å². The van der Waals surface area contributed by atoms with Crippen LogP contribution in [0.4, 0.5) is 0 Å². The van der Waals surface area contributed by atoms with E-state index in [2.05, 4.69) is 5.10 Å². The van der Waals surface area contributed by atoms with Gasteiger partial charge in [0.2, 0.25) is 11.3 Å². The highest BCUT2D eigenvalue weighted by Gasteiger charge is 2.23. The van der Waals surface area contributed by atoms with E-state index in [1.54, 1.807) is 17.9 Å². The number of fused-ring (bicyclic) bond motifs is 1. The third-order valence-corrected chi connectivity index (χ3v) is 4.18. The quantitative estimate of drug-likeness (QED) is 0.849. The van der Waals surface area contributed by atoms with E-state index in [9.17, 15) is 9.59 Å². The molecule has 0 saturated carbocycles. The molecule has 2 aromatic rings. The molecule has 0 radical (unpaired) electrons. The maximum absolute atomic E-state index is 12.4. The van der Waals surface area contributed by atoms with Gasteiger partial charge in [-0.1, -0.05) is 12.1 Å². The number of likely N-dealkylation sites (tertiary alicyclic amines) is 1. The molecule has 1 amide bonds. The molecule has 1 aromatic carbocycles. The van der Waals surface area contributed by atoms with E-state index in [4.69, 9.17) is 4.74 Å². The summed E-state index contributed by atoms with van der Waals surface area (Å²) in [7, 11) is 1.71. The first-order valence-electron chi connectivity index (χ1n) is 7.44. The Morgan fingerprint density at radius 2 is 2.05 bits per heavy atom. The van der Waals surface area contributed by atoms with Gasteiger partial charge < -0.3 is 9.64 Å². The molecule has 1 saturated heterocycles. The van der Waals surface area contributed by atoms with Gasteiger partial charge in [-0.05, 0) is 25.0 Å². The van der Waals surface area contributed by atoms with E-state index in [0.717, 1.165) is 12.8 Å². The number of ether oxygens (including phenoxy) is 1. The maximum atomic E-state index is 12.4. The zero-order valence-corrected chi connectivity index (χ0v) is 12.6. The zero-order chi connectivity index (χ0) is 15.5. The van der Waals surface area contributed by atoms with Crippen molar-refractivity contribution in [2.24, 2.45) is 0 Å². The van der Waals surface area contributed by atoms with Crippen LogP contribution < -0.4 is 5.43 Å². The van der Waals surface area contributed by atoms with Gasteiger partial charge in [-0.25, -0.2) is 0 Å². The molecule has 6 nitrogen and oxygen atoms in total. The number of rotatable bonds is 3. The van der Waals surface area contributed by atoms with Crippen LogP contribution in [-0.4, -0.2) is 46.9 Å². The normalized spacial score (nSPS) is 16.1. The van der Waals surface area contributed by atoms with Crippen LogP contribution in [0.25, 0.3) is 10.9 Å². The highest BCUT2D eigenvalue weighted by Crippen LogP contribution is 2.14. The number of nitrogens with zero attached hydrogens (tertiary/aromatic N) is 3. The standard InChI is InChI=1S/C16H19N3O3/c1-22-12-6-8-18(9-7-12)16(21)11-19-14-5-3-2-4-13(14)15(20)10-17-19/h2-5,10,12H,6-9,11H2,1H3. The summed E-state index contributed by atoms with van der Waals surface area (Å²) in [4.78, 5) is 26.1. The van der Waals surface area contributed by atoms with E-state index in [0.29, 0.717) is 24.0 Å². The minimum Gasteiger partial charge on any atom is -0.381 e. The molecule has 1 fully saturated rings. The zero-order valence-electron chi connectivity index (χ0n) is 12.6. The Morgan fingerprint density at radius 3 is 2.77 bits per heavy atom. The predicted octanol–water partition coefficient (Wildman–Crippen LogP) is 1.03. The van der Waals surface area contributed by atoms with Crippen molar-refractivity contribution in [3.8, 4) is 0 Å². The van der Waals surface area contributed by atoms with Crippen molar-refractivity contribution in [3.63, 3.8) is 0 Å². The van der Waals surface area contributed by atoms with Gasteiger partial charge in [0.25, 0.3) is 0 Å². The van der Waals surface area contributed by atoms with Crippen molar-refractivity contribution in [2.45, 2.75) is 25.5 Å². The topological polar surface area (TPSA) is 64.4 Å².